The van der Waals surface area contributed by atoms with Gasteiger partial charge >= 0.3 is 0 Å². The number of nitrogens with one attached hydrogen (secondary N) is 1. The number of carbonyl (C=O) groups is 1. The minimum Gasteiger partial charge on any atom is -0.354 e. The quantitative estimate of drug-likeness (QED) is 0.569. The van der Waals surface area contributed by atoms with Crippen molar-refractivity contribution < 1.29 is 4.79 Å². The van der Waals surface area contributed by atoms with Gasteiger partial charge in [-0.3, -0.25) is 4.79 Å². The smallest absolute Gasteiger partial charge is 0.229 e. The van der Waals surface area contributed by atoms with Crippen molar-refractivity contribution in [2.24, 2.45) is 5.92 Å². The van der Waals surface area contributed by atoms with E-state index in [1.807, 2.05) is 18.2 Å². The second kappa shape index (κ2) is 9.96. The molecule has 1 aromatic heterocycles. The van der Waals surface area contributed by atoms with E-state index in [0.717, 1.165) is 52.8 Å². The number of benzene rings is 2. The molecule has 1 aliphatic rings. The van der Waals surface area contributed by atoms with Crippen LogP contribution in [0.1, 0.15) is 30.9 Å². The maximum Gasteiger partial charge on any atom is 0.229 e. The van der Waals surface area contributed by atoms with Gasteiger partial charge in [0.1, 0.15) is 5.03 Å². The molecule has 1 atom stereocenters. The van der Waals surface area contributed by atoms with Crippen molar-refractivity contribution >= 4 is 29.2 Å². The van der Waals surface area contributed by atoms with Crippen LogP contribution in [0, 0.1) is 12.8 Å². The van der Waals surface area contributed by atoms with Crippen LogP contribution in [0.4, 0.5) is 11.5 Å². The molecule has 1 saturated heterocycles. The number of piperidine rings is 1. The largest absolute Gasteiger partial charge is 0.354 e. The number of para-hydroxylation sites is 1. The summed E-state index contributed by atoms with van der Waals surface area (Å²) >= 11 is 1.62. The van der Waals surface area contributed by atoms with Crippen LogP contribution in [-0.4, -0.2) is 29.0 Å². The first-order chi connectivity index (χ1) is 15.1. The third kappa shape index (κ3) is 5.25. The van der Waals surface area contributed by atoms with Gasteiger partial charge in [-0.2, -0.15) is 0 Å². The van der Waals surface area contributed by atoms with Crippen molar-refractivity contribution in [3.8, 4) is 0 Å². The molecule has 2 aromatic carbocycles. The minimum atomic E-state index is -0.0714. The van der Waals surface area contributed by atoms with Crippen LogP contribution in [0.25, 0.3) is 0 Å². The van der Waals surface area contributed by atoms with Crippen LogP contribution in [0.15, 0.2) is 70.8 Å². The minimum absolute atomic E-state index is 0.0714. The van der Waals surface area contributed by atoms with Gasteiger partial charge in [0.05, 0.1) is 5.92 Å². The predicted octanol–water partition coefficient (Wildman–Crippen LogP) is 5.35. The van der Waals surface area contributed by atoms with Crippen LogP contribution in [-0.2, 0) is 11.2 Å². The molecule has 1 amide bonds. The maximum atomic E-state index is 13.0. The SMILES string of the molecule is CCc1ccccc1NC(=O)[C@@H]1CCCN(c2nccnc2Sc2ccc(C)cc2)C1. The Labute approximate surface area is 188 Å². The number of aryl methyl sites for hydroxylation is 2. The molecule has 5 nitrogen and oxygen atoms in total. The number of anilines is 2. The molecule has 31 heavy (non-hydrogen) atoms. The van der Waals surface area contributed by atoms with Crippen LogP contribution >= 0.6 is 11.8 Å². The van der Waals surface area contributed by atoms with Gasteiger partial charge in [-0.1, -0.05) is 54.6 Å². The third-order valence-electron chi connectivity index (χ3n) is 5.63. The highest BCUT2D eigenvalue weighted by molar-refractivity contribution is 7.99. The van der Waals surface area contributed by atoms with Crippen LogP contribution < -0.4 is 10.2 Å². The van der Waals surface area contributed by atoms with Gasteiger partial charge < -0.3 is 10.2 Å². The summed E-state index contributed by atoms with van der Waals surface area (Å²) in [6.07, 6.45) is 6.20. The number of nitrogens with zero attached hydrogens (tertiary/aromatic N) is 3. The molecule has 1 N–H and O–H groups in total. The first-order valence-corrected chi connectivity index (χ1v) is 11.6. The van der Waals surface area contributed by atoms with Crippen LogP contribution in [0.3, 0.4) is 0 Å². The molecule has 1 fully saturated rings. The highest BCUT2D eigenvalue weighted by Gasteiger charge is 2.28. The number of amides is 1. The summed E-state index contributed by atoms with van der Waals surface area (Å²) in [7, 11) is 0. The molecular formula is C25H28N4OS. The molecule has 0 spiro atoms. The number of aromatic nitrogens is 2. The molecule has 0 saturated carbocycles. The normalized spacial score (nSPS) is 16.2. The van der Waals surface area contributed by atoms with Gasteiger partial charge in [0.2, 0.25) is 5.91 Å². The van der Waals surface area contributed by atoms with Gasteiger partial charge in [-0.15, -0.1) is 0 Å². The molecule has 160 valence electrons. The number of hydrogen-bond acceptors (Lipinski definition) is 5. The van der Waals surface area contributed by atoms with Crippen molar-refractivity contribution in [1.82, 2.24) is 9.97 Å². The van der Waals surface area contributed by atoms with Gasteiger partial charge in [0.25, 0.3) is 0 Å². The molecular weight excluding hydrogens is 404 g/mol. The summed E-state index contributed by atoms with van der Waals surface area (Å²) in [5, 5.41) is 4.03. The van der Waals surface area contributed by atoms with Crippen molar-refractivity contribution in [1.29, 1.82) is 0 Å². The summed E-state index contributed by atoms with van der Waals surface area (Å²) in [6, 6.07) is 16.5. The Kier molecular flexibility index (Phi) is 6.87. The zero-order valence-corrected chi connectivity index (χ0v) is 18.9. The lowest BCUT2D eigenvalue weighted by molar-refractivity contribution is -0.120. The monoisotopic (exact) mass is 432 g/mol. The fourth-order valence-electron chi connectivity index (χ4n) is 3.89. The fraction of sp³-hybridized carbons (Fsp3) is 0.320. The first-order valence-electron chi connectivity index (χ1n) is 10.8. The molecule has 1 aliphatic heterocycles. The third-order valence-corrected chi connectivity index (χ3v) is 6.62. The van der Waals surface area contributed by atoms with Crippen LogP contribution in [0.2, 0.25) is 0 Å². The zero-order chi connectivity index (χ0) is 21.6. The molecule has 2 heterocycles. The average Bonchev–Trinajstić information content (AvgIpc) is 2.81. The molecule has 6 heteroatoms. The summed E-state index contributed by atoms with van der Waals surface area (Å²) < 4.78 is 0. The maximum absolute atomic E-state index is 13.0. The Morgan fingerprint density at radius 1 is 1.13 bits per heavy atom. The van der Waals surface area contributed by atoms with Crippen molar-refractivity contribution in [2.45, 2.75) is 43.0 Å². The summed E-state index contributed by atoms with van der Waals surface area (Å²) in [4.78, 5) is 25.6. The van der Waals surface area contributed by atoms with Gasteiger partial charge in [-0.25, -0.2) is 9.97 Å². The molecule has 0 unspecified atom stereocenters. The number of carbonyl (C=O) groups excluding carboxylic acids is 1. The topological polar surface area (TPSA) is 58.1 Å². The van der Waals surface area contributed by atoms with E-state index in [9.17, 15) is 4.79 Å². The van der Waals surface area contributed by atoms with E-state index in [1.54, 1.807) is 24.2 Å². The van der Waals surface area contributed by atoms with Crippen molar-refractivity contribution in [3.05, 3.63) is 72.1 Å². The van der Waals surface area contributed by atoms with Gasteiger partial charge in [0, 0.05) is 36.1 Å². The number of rotatable bonds is 6. The summed E-state index contributed by atoms with van der Waals surface area (Å²) in [5.74, 6) is 0.875. The van der Waals surface area contributed by atoms with Gasteiger partial charge in [-0.05, 0) is 49.9 Å². The Balaban J connectivity index is 1.48. The first kappa shape index (κ1) is 21.4. The van der Waals surface area contributed by atoms with E-state index in [-0.39, 0.29) is 11.8 Å². The van der Waals surface area contributed by atoms with E-state index in [1.165, 1.54) is 5.56 Å². The van der Waals surface area contributed by atoms with E-state index in [4.69, 9.17) is 0 Å². The summed E-state index contributed by atoms with van der Waals surface area (Å²) in [6.45, 7) is 5.73. The number of hydrogen-bond donors (Lipinski definition) is 1. The molecule has 0 bridgehead atoms. The Morgan fingerprint density at radius 2 is 1.90 bits per heavy atom. The average molecular weight is 433 g/mol. The van der Waals surface area contributed by atoms with E-state index < -0.39 is 0 Å². The Bertz CT molecular complexity index is 1040. The van der Waals surface area contributed by atoms with Gasteiger partial charge in [0.15, 0.2) is 5.82 Å². The van der Waals surface area contributed by atoms with Crippen LogP contribution in [0.5, 0.6) is 0 Å². The highest BCUT2D eigenvalue weighted by atomic mass is 32.2. The molecule has 0 radical (unpaired) electrons. The lowest BCUT2D eigenvalue weighted by Crippen LogP contribution is -2.41. The molecule has 0 aliphatic carbocycles. The predicted molar refractivity (Wildman–Crippen MR) is 127 cm³/mol. The standard InChI is InChI=1S/C25H28N4OS/c1-3-19-7-4-5-9-22(19)28-24(30)20-8-6-16-29(17-20)23-25(27-15-14-26-23)31-21-12-10-18(2)11-13-21/h4-5,7,9-15,20H,3,6,8,16-17H2,1-2H3,(H,28,30)/t20-/m1/s1. The lowest BCUT2D eigenvalue weighted by atomic mass is 9.96. The molecule has 4 rings (SSSR count). The van der Waals surface area contributed by atoms with E-state index in [2.05, 4.69) is 64.4 Å². The lowest BCUT2D eigenvalue weighted by Gasteiger charge is -2.33. The zero-order valence-electron chi connectivity index (χ0n) is 18.0. The van der Waals surface area contributed by atoms with E-state index in [0.29, 0.717) is 6.54 Å². The fourth-order valence-corrected chi connectivity index (χ4v) is 4.78. The highest BCUT2D eigenvalue weighted by Crippen LogP contribution is 2.34. The van der Waals surface area contributed by atoms with E-state index >= 15 is 0 Å². The Hall–Kier alpha value is -2.86. The summed E-state index contributed by atoms with van der Waals surface area (Å²) in [5.41, 5.74) is 3.31. The molecule has 3 aromatic rings. The van der Waals surface area contributed by atoms with Crippen molar-refractivity contribution in [2.75, 3.05) is 23.3 Å². The van der Waals surface area contributed by atoms with Crippen molar-refractivity contribution in [3.63, 3.8) is 0 Å². The second-order valence-corrected chi connectivity index (χ2v) is 8.95. The Morgan fingerprint density at radius 3 is 2.71 bits per heavy atom. The second-order valence-electron chi connectivity index (χ2n) is 7.89.